The molecule has 2 N–H and O–H groups in total. The van der Waals surface area contributed by atoms with Gasteiger partial charge in [0.25, 0.3) is 0 Å². The van der Waals surface area contributed by atoms with Gasteiger partial charge in [-0.2, -0.15) is 4.31 Å². The molecule has 0 spiro atoms. The van der Waals surface area contributed by atoms with E-state index in [1.807, 2.05) is 13.8 Å². The minimum atomic E-state index is -3.27. The van der Waals surface area contributed by atoms with Crippen LogP contribution in [-0.2, 0) is 14.8 Å². The number of rotatable bonds is 8. The summed E-state index contributed by atoms with van der Waals surface area (Å²) >= 11 is 0. The van der Waals surface area contributed by atoms with Crippen molar-refractivity contribution in [1.82, 2.24) is 4.31 Å². The number of hydrogen-bond donors (Lipinski definition) is 1. The number of nitrogens with two attached hydrogens (primary N) is 1. The van der Waals surface area contributed by atoms with Crippen molar-refractivity contribution in [3.05, 3.63) is 0 Å². The molecule has 1 saturated carbocycles. The van der Waals surface area contributed by atoms with E-state index in [0.717, 1.165) is 25.7 Å². The lowest BCUT2D eigenvalue weighted by molar-refractivity contribution is 0.158. The van der Waals surface area contributed by atoms with Gasteiger partial charge >= 0.3 is 0 Å². The zero-order valence-electron chi connectivity index (χ0n) is 11.5. The van der Waals surface area contributed by atoms with Crippen molar-refractivity contribution < 1.29 is 13.2 Å². The largest absolute Gasteiger partial charge is 0.381 e. The molecular formula is C12H26N2O3S. The molecule has 1 rings (SSSR count). The number of nitrogens with zero attached hydrogens (tertiary/aromatic N) is 1. The summed E-state index contributed by atoms with van der Waals surface area (Å²) in [5.74, 6) is 0.0520. The van der Waals surface area contributed by atoms with Crippen LogP contribution in [0, 0.1) is 0 Å². The Morgan fingerprint density at radius 2 is 1.89 bits per heavy atom. The Bertz CT molecular complexity index is 337. The third-order valence-corrected chi connectivity index (χ3v) is 5.76. The van der Waals surface area contributed by atoms with Gasteiger partial charge in [0.1, 0.15) is 0 Å². The fraction of sp³-hybridized carbons (Fsp3) is 1.00. The molecule has 0 radical (unpaired) electrons. The predicted octanol–water partition coefficient (Wildman–Crippen LogP) is 0.946. The molecule has 0 atom stereocenters. The van der Waals surface area contributed by atoms with Crippen molar-refractivity contribution in [2.75, 3.05) is 32.1 Å². The lowest BCUT2D eigenvalue weighted by Crippen LogP contribution is -2.55. The van der Waals surface area contributed by atoms with Crippen LogP contribution in [0.1, 0.15) is 39.5 Å². The van der Waals surface area contributed by atoms with E-state index in [2.05, 4.69) is 0 Å². The van der Waals surface area contributed by atoms with Crippen molar-refractivity contribution in [2.24, 2.45) is 5.73 Å². The van der Waals surface area contributed by atoms with Crippen LogP contribution >= 0.6 is 0 Å². The van der Waals surface area contributed by atoms with Gasteiger partial charge in [-0.05, 0) is 19.8 Å². The van der Waals surface area contributed by atoms with Gasteiger partial charge in [0, 0.05) is 25.2 Å². The highest BCUT2D eigenvalue weighted by Gasteiger charge is 2.43. The Morgan fingerprint density at radius 3 is 2.33 bits per heavy atom. The van der Waals surface area contributed by atoms with Crippen molar-refractivity contribution in [3.8, 4) is 0 Å². The van der Waals surface area contributed by atoms with Gasteiger partial charge in [0.2, 0.25) is 10.0 Å². The van der Waals surface area contributed by atoms with E-state index < -0.39 is 10.0 Å². The zero-order chi connectivity index (χ0) is 13.6. The average Bonchev–Trinajstić information content (AvgIpc) is 2.79. The van der Waals surface area contributed by atoms with Crippen molar-refractivity contribution >= 4 is 10.0 Å². The maximum absolute atomic E-state index is 12.4. The summed E-state index contributed by atoms with van der Waals surface area (Å²) in [5, 5.41) is 0. The summed E-state index contributed by atoms with van der Waals surface area (Å²) in [6, 6.07) is 0. The fourth-order valence-electron chi connectivity index (χ4n) is 2.83. The molecule has 0 heterocycles. The Hall–Kier alpha value is -0.170. The molecule has 0 saturated heterocycles. The molecule has 1 aliphatic carbocycles. The minimum Gasteiger partial charge on any atom is -0.381 e. The molecule has 18 heavy (non-hydrogen) atoms. The first-order valence-electron chi connectivity index (χ1n) is 6.80. The smallest absolute Gasteiger partial charge is 0.216 e. The van der Waals surface area contributed by atoms with Crippen LogP contribution in [0.15, 0.2) is 0 Å². The van der Waals surface area contributed by atoms with Crippen LogP contribution < -0.4 is 5.73 Å². The summed E-state index contributed by atoms with van der Waals surface area (Å²) in [4.78, 5) is 0. The van der Waals surface area contributed by atoms with E-state index in [4.69, 9.17) is 10.5 Å². The minimum absolute atomic E-state index is 0.0520. The normalized spacial score (nSPS) is 19.6. The van der Waals surface area contributed by atoms with Gasteiger partial charge in [0.05, 0.1) is 12.4 Å². The first-order valence-corrected chi connectivity index (χ1v) is 8.41. The third-order valence-electron chi connectivity index (χ3n) is 3.76. The maximum Gasteiger partial charge on any atom is 0.216 e. The van der Waals surface area contributed by atoms with Gasteiger partial charge in [-0.3, -0.25) is 0 Å². The Labute approximate surface area is 111 Å². The second kappa shape index (κ2) is 6.84. The highest BCUT2D eigenvalue weighted by molar-refractivity contribution is 7.89. The Kier molecular flexibility index (Phi) is 6.04. The van der Waals surface area contributed by atoms with E-state index in [0.29, 0.717) is 19.7 Å². The third kappa shape index (κ3) is 3.44. The van der Waals surface area contributed by atoms with Gasteiger partial charge in [0.15, 0.2) is 0 Å². The second-order valence-electron chi connectivity index (χ2n) is 4.81. The van der Waals surface area contributed by atoms with Crippen LogP contribution in [0.25, 0.3) is 0 Å². The molecular weight excluding hydrogens is 252 g/mol. The lowest BCUT2D eigenvalue weighted by Gasteiger charge is -2.38. The molecule has 0 unspecified atom stereocenters. The van der Waals surface area contributed by atoms with Crippen molar-refractivity contribution in [3.63, 3.8) is 0 Å². The van der Waals surface area contributed by atoms with E-state index in [-0.39, 0.29) is 17.9 Å². The topological polar surface area (TPSA) is 72.6 Å². The van der Waals surface area contributed by atoms with Crippen molar-refractivity contribution in [2.45, 2.75) is 45.1 Å². The highest BCUT2D eigenvalue weighted by atomic mass is 32.2. The van der Waals surface area contributed by atoms with E-state index in [1.165, 1.54) is 0 Å². The second-order valence-corrected chi connectivity index (χ2v) is 6.83. The van der Waals surface area contributed by atoms with E-state index in [1.54, 1.807) is 4.31 Å². The molecule has 5 nitrogen and oxygen atoms in total. The van der Waals surface area contributed by atoms with Crippen LogP contribution in [0.2, 0.25) is 0 Å². The summed E-state index contributed by atoms with van der Waals surface area (Å²) in [6.45, 7) is 5.45. The number of ether oxygens (including phenoxy) is 1. The molecule has 6 heteroatoms. The summed E-state index contributed by atoms with van der Waals surface area (Å²) in [5.41, 5.74) is 5.51. The Morgan fingerprint density at radius 1 is 1.28 bits per heavy atom. The monoisotopic (exact) mass is 278 g/mol. The molecule has 0 aromatic carbocycles. The molecule has 1 fully saturated rings. The van der Waals surface area contributed by atoms with E-state index in [9.17, 15) is 8.42 Å². The van der Waals surface area contributed by atoms with Crippen LogP contribution in [-0.4, -0.2) is 50.3 Å². The zero-order valence-corrected chi connectivity index (χ0v) is 12.3. The SMILES string of the molecule is CCOCCS(=O)(=O)N(CC)C1(CN)CCCC1. The molecule has 0 aliphatic heterocycles. The number of sulfonamides is 1. The summed E-state index contributed by atoms with van der Waals surface area (Å²) < 4.78 is 31.5. The molecule has 0 aromatic rings. The molecule has 0 aromatic heterocycles. The quantitative estimate of drug-likeness (QED) is 0.671. The highest BCUT2D eigenvalue weighted by Crippen LogP contribution is 2.36. The molecule has 0 bridgehead atoms. The standard InChI is InChI=1S/C12H26N2O3S/c1-3-14(12(11-13)7-5-6-8-12)18(15,16)10-9-17-4-2/h3-11,13H2,1-2H3. The van der Waals surface area contributed by atoms with Gasteiger partial charge in [-0.15, -0.1) is 0 Å². The Balaban J connectivity index is 2.80. The molecule has 1 aliphatic rings. The van der Waals surface area contributed by atoms with Gasteiger partial charge in [-0.1, -0.05) is 19.8 Å². The fourth-order valence-corrected chi connectivity index (χ4v) is 4.62. The number of hydrogen-bond acceptors (Lipinski definition) is 4. The summed E-state index contributed by atoms with van der Waals surface area (Å²) in [6.07, 6.45) is 3.89. The summed E-state index contributed by atoms with van der Waals surface area (Å²) in [7, 11) is -3.27. The molecule has 0 amide bonds. The number of likely N-dealkylation sites (N-methyl/N-ethyl adjacent to an activating group) is 1. The first-order chi connectivity index (χ1) is 8.52. The van der Waals surface area contributed by atoms with Crippen LogP contribution in [0.4, 0.5) is 0 Å². The average molecular weight is 278 g/mol. The van der Waals surface area contributed by atoms with E-state index >= 15 is 0 Å². The predicted molar refractivity (Wildman–Crippen MR) is 72.9 cm³/mol. The van der Waals surface area contributed by atoms with Crippen LogP contribution in [0.5, 0.6) is 0 Å². The van der Waals surface area contributed by atoms with Crippen molar-refractivity contribution in [1.29, 1.82) is 0 Å². The van der Waals surface area contributed by atoms with Crippen LogP contribution in [0.3, 0.4) is 0 Å². The van der Waals surface area contributed by atoms with Gasteiger partial charge in [-0.25, -0.2) is 8.42 Å². The van der Waals surface area contributed by atoms with Gasteiger partial charge < -0.3 is 10.5 Å². The lowest BCUT2D eigenvalue weighted by atomic mass is 9.98. The molecule has 108 valence electrons. The maximum atomic E-state index is 12.4. The first kappa shape index (κ1) is 15.9.